The van der Waals surface area contributed by atoms with Crippen LogP contribution < -0.4 is 10.0 Å². The van der Waals surface area contributed by atoms with E-state index in [2.05, 4.69) is 20.8 Å². The van der Waals surface area contributed by atoms with E-state index in [-0.39, 0.29) is 17.7 Å². The third-order valence-electron chi connectivity index (χ3n) is 6.17. The molecule has 2 aromatic heterocycles. The molecule has 0 fully saturated rings. The number of aromatic carboxylic acids is 1. The molecular weight excluding hydrogens is 520 g/mol. The summed E-state index contributed by atoms with van der Waals surface area (Å²) in [4.78, 5) is 24.6. The molecule has 0 aliphatic carbocycles. The number of hydrogen-bond acceptors (Lipinski definition) is 6. The van der Waals surface area contributed by atoms with Crippen molar-refractivity contribution in [2.45, 2.75) is 12.3 Å². The summed E-state index contributed by atoms with van der Waals surface area (Å²) in [5, 5.41) is 37.1. The Labute approximate surface area is 227 Å². The van der Waals surface area contributed by atoms with Gasteiger partial charge in [-0.3, -0.25) is 4.79 Å². The second kappa shape index (κ2) is 11.1. The lowest BCUT2D eigenvalue weighted by Crippen LogP contribution is -2.38. The maximum absolute atomic E-state index is 13.5. The van der Waals surface area contributed by atoms with Crippen LogP contribution in [-0.4, -0.2) is 37.2 Å². The molecule has 11 heteroatoms. The lowest BCUT2D eigenvalue weighted by Gasteiger charge is -2.18. The highest BCUT2D eigenvalue weighted by molar-refractivity contribution is 6.31. The molecule has 0 radical (unpaired) electrons. The van der Waals surface area contributed by atoms with Crippen molar-refractivity contribution in [1.29, 1.82) is 0 Å². The molecule has 0 saturated carbocycles. The van der Waals surface area contributed by atoms with Crippen LogP contribution in [0.3, 0.4) is 0 Å². The van der Waals surface area contributed by atoms with Crippen LogP contribution in [0.1, 0.15) is 27.5 Å². The molecule has 1 amide bonds. The Morgan fingerprint density at radius 1 is 1.03 bits per heavy atom. The van der Waals surface area contributed by atoms with Crippen molar-refractivity contribution in [1.82, 2.24) is 20.2 Å². The number of carbonyl (C=O) groups is 2. The molecular formula is C28H21ClN6O4. The van der Waals surface area contributed by atoms with E-state index in [1.165, 1.54) is 41.5 Å². The summed E-state index contributed by atoms with van der Waals surface area (Å²) in [6, 6.07) is 23.7. The van der Waals surface area contributed by atoms with Gasteiger partial charge < -0.3 is 15.6 Å². The van der Waals surface area contributed by atoms with Crippen LogP contribution in [0.25, 0.3) is 16.8 Å². The van der Waals surface area contributed by atoms with Gasteiger partial charge in [-0.15, -0.1) is 5.10 Å². The van der Waals surface area contributed by atoms with E-state index < -0.39 is 17.8 Å². The summed E-state index contributed by atoms with van der Waals surface area (Å²) < 4.78 is 2.15. The molecule has 3 aromatic carbocycles. The predicted octanol–water partition coefficient (Wildman–Crippen LogP) is 4.28. The van der Waals surface area contributed by atoms with Gasteiger partial charge in [0, 0.05) is 27.9 Å². The highest BCUT2D eigenvalue weighted by atomic mass is 35.5. The molecule has 0 aliphatic rings. The molecule has 2 heterocycles. The molecule has 2 N–H and O–H groups in total. The number of halogens is 1. The molecule has 1 atom stereocenters. The van der Waals surface area contributed by atoms with Gasteiger partial charge in [-0.05, 0) is 70.9 Å². The molecule has 10 nitrogen and oxygen atoms in total. The summed E-state index contributed by atoms with van der Waals surface area (Å²) >= 11 is 6.25. The smallest absolute Gasteiger partial charge is 0.335 e. The van der Waals surface area contributed by atoms with Gasteiger partial charge in [-0.2, -0.15) is 9.41 Å². The zero-order valence-corrected chi connectivity index (χ0v) is 21.1. The normalized spacial score (nSPS) is 11.6. The second-order valence-electron chi connectivity index (χ2n) is 8.70. The number of tetrazole rings is 1. The average molecular weight is 541 g/mol. The van der Waals surface area contributed by atoms with Crippen molar-refractivity contribution in [2.75, 3.05) is 5.32 Å². The molecule has 0 bridgehead atoms. The average Bonchev–Trinajstić information content (AvgIpc) is 3.48. The minimum atomic E-state index is -1.06. The fraction of sp³-hybridized carbons (Fsp3) is 0.0714. The fourth-order valence-electron chi connectivity index (χ4n) is 4.24. The van der Waals surface area contributed by atoms with Gasteiger partial charge in [-0.25, -0.2) is 4.79 Å². The molecule has 5 aromatic rings. The zero-order valence-electron chi connectivity index (χ0n) is 20.3. The second-order valence-corrected chi connectivity index (χ2v) is 9.13. The van der Waals surface area contributed by atoms with E-state index in [0.29, 0.717) is 32.3 Å². The largest absolute Gasteiger partial charge is 0.618 e. The standard InChI is InChI=1S/C28H21ClN6O4/c29-21-9-13-25(34-17-30-32-33-34)23(15-21)20-8-12-26(35(39)16-20)24(14-18-4-2-1-3-5-18)27(36)31-22-10-6-19(7-11-22)28(37)38/h1-13,15-17,24H,14H2,(H,31,36)(H,37,38). The number of carbonyl (C=O) groups excluding carboxylic acids is 1. The van der Waals surface area contributed by atoms with Crippen molar-refractivity contribution >= 4 is 29.2 Å². The third-order valence-corrected chi connectivity index (χ3v) is 6.40. The third kappa shape index (κ3) is 5.76. The molecule has 0 spiro atoms. The Balaban J connectivity index is 1.50. The van der Waals surface area contributed by atoms with Crippen molar-refractivity contribution < 1.29 is 19.4 Å². The summed E-state index contributed by atoms with van der Waals surface area (Å²) in [5.74, 6) is -2.31. The fourth-order valence-corrected chi connectivity index (χ4v) is 4.41. The number of benzene rings is 3. The van der Waals surface area contributed by atoms with Crippen molar-refractivity contribution in [3.8, 4) is 16.8 Å². The number of carboxylic acid groups (broad SMARTS) is 1. The van der Waals surface area contributed by atoms with E-state index in [4.69, 9.17) is 16.7 Å². The van der Waals surface area contributed by atoms with Crippen molar-refractivity contribution in [2.24, 2.45) is 0 Å². The van der Waals surface area contributed by atoms with Gasteiger partial charge in [0.15, 0.2) is 6.20 Å². The highest BCUT2D eigenvalue weighted by Crippen LogP contribution is 2.30. The number of hydrogen-bond donors (Lipinski definition) is 2. The van der Waals surface area contributed by atoms with Gasteiger partial charge in [0.2, 0.25) is 11.6 Å². The Morgan fingerprint density at radius 3 is 2.46 bits per heavy atom. The maximum atomic E-state index is 13.5. The quantitative estimate of drug-likeness (QED) is 0.221. The number of rotatable bonds is 8. The Kier molecular flexibility index (Phi) is 7.28. The van der Waals surface area contributed by atoms with Gasteiger partial charge in [-0.1, -0.05) is 41.9 Å². The van der Waals surface area contributed by atoms with Crippen LogP contribution in [0, 0.1) is 5.21 Å². The molecule has 0 aliphatic heterocycles. The first kappa shape index (κ1) is 25.6. The lowest BCUT2D eigenvalue weighted by molar-refractivity contribution is -0.614. The summed E-state index contributed by atoms with van der Waals surface area (Å²) in [6.07, 6.45) is 3.10. The SMILES string of the molecule is O=C(O)c1ccc(NC(=O)C(Cc2ccccc2)c2ccc(-c3cc(Cl)ccc3-n3cnnn3)c[n+]2[O-])cc1. The number of pyridine rings is 1. The minimum Gasteiger partial charge on any atom is -0.618 e. The Morgan fingerprint density at radius 2 is 1.79 bits per heavy atom. The van der Waals surface area contributed by atoms with E-state index in [1.807, 2.05) is 30.3 Å². The Hall–Kier alpha value is -5.09. The number of anilines is 1. The first-order valence-electron chi connectivity index (χ1n) is 11.8. The van der Waals surface area contributed by atoms with E-state index >= 15 is 0 Å². The summed E-state index contributed by atoms with van der Waals surface area (Å²) in [7, 11) is 0. The number of aromatic nitrogens is 5. The van der Waals surface area contributed by atoms with Gasteiger partial charge in [0.1, 0.15) is 12.2 Å². The number of nitrogens with one attached hydrogen (secondary N) is 1. The first-order chi connectivity index (χ1) is 18.9. The van der Waals surface area contributed by atoms with E-state index in [0.717, 1.165) is 5.56 Å². The lowest BCUT2D eigenvalue weighted by atomic mass is 9.93. The molecule has 5 rings (SSSR count). The highest BCUT2D eigenvalue weighted by Gasteiger charge is 2.29. The summed E-state index contributed by atoms with van der Waals surface area (Å²) in [6.45, 7) is 0. The van der Waals surface area contributed by atoms with Gasteiger partial charge in [0.25, 0.3) is 0 Å². The van der Waals surface area contributed by atoms with Crippen LogP contribution in [0.4, 0.5) is 5.69 Å². The first-order valence-corrected chi connectivity index (χ1v) is 12.2. The molecule has 0 saturated heterocycles. The Bertz CT molecular complexity index is 1630. The molecule has 194 valence electrons. The number of nitrogens with zero attached hydrogens (tertiary/aromatic N) is 5. The van der Waals surface area contributed by atoms with Gasteiger partial charge in [0.05, 0.1) is 11.3 Å². The van der Waals surface area contributed by atoms with Crippen LogP contribution in [-0.2, 0) is 11.2 Å². The van der Waals surface area contributed by atoms with Crippen molar-refractivity contribution in [3.05, 3.63) is 125 Å². The zero-order chi connectivity index (χ0) is 27.4. The van der Waals surface area contributed by atoms with Crippen LogP contribution in [0.15, 0.2) is 97.5 Å². The van der Waals surface area contributed by atoms with E-state index in [1.54, 1.807) is 30.3 Å². The maximum Gasteiger partial charge on any atom is 0.335 e. The topological polar surface area (TPSA) is 137 Å². The van der Waals surface area contributed by atoms with Crippen molar-refractivity contribution in [3.63, 3.8) is 0 Å². The predicted molar refractivity (Wildman–Crippen MR) is 143 cm³/mol. The number of amides is 1. The van der Waals surface area contributed by atoms with Gasteiger partial charge >= 0.3 is 5.97 Å². The van der Waals surface area contributed by atoms with Crippen LogP contribution in [0.5, 0.6) is 0 Å². The van der Waals surface area contributed by atoms with Crippen LogP contribution >= 0.6 is 11.6 Å². The summed E-state index contributed by atoms with van der Waals surface area (Å²) in [5.41, 5.74) is 3.46. The van der Waals surface area contributed by atoms with Crippen LogP contribution in [0.2, 0.25) is 5.02 Å². The minimum absolute atomic E-state index is 0.101. The molecule has 1 unspecified atom stereocenters. The molecule has 39 heavy (non-hydrogen) atoms. The number of carboxylic acids is 1. The van der Waals surface area contributed by atoms with E-state index in [9.17, 15) is 14.8 Å². The monoisotopic (exact) mass is 540 g/mol.